The van der Waals surface area contributed by atoms with Gasteiger partial charge in [0.25, 0.3) is 11.8 Å². The zero-order valence-corrected chi connectivity index (χ0v) is 21.8. The SMILES string of the molecule is CC(Oc1cc2cc(F)ccc2nc1N1C(=O)c2ccccc2C1=O)c1cc(CCC(=O)O)ccc1-n1cccn1. The molecule has 41 heavy (non-hydrogen) atoms. The molecule has 0 saturated heterocycles. The van der Waals surface area contributed by atoms with E-state index in [0.717, 1.165) is 10.5 Å². The molecule has 1 unspecified atom stereocenters. The number of anilines is 1. The number of aliphatic carboxylic acids is 1. The number of carboxylic acids is 1. The van der Waals surface area contributed by atoms with Crippen molar-refractivity contribution < 1.29 is 28.6 Å². The lowest BCUT2D eigenvalue weighted by Gasteiger charge is -2.23. The van der Waals surface area contributed by atoms with E-state index in [4.69, 9.17) is 9.84 Å². The second-order valence-electron chi connectivity index (χ2n) is 9.64. The van der Waals surface area contributed by atoms with E-state index in [1.807, 2.05) is 18.2 Å². The number of imide groups is 1. The third-order valence-corrected chi connectivity index (χ3v) is 6.94. The van der Waals surface area contributed by atoms with E-state index >= 15 is 0 Å². The van der Waals surface area contributed by atoms with Crippen molar-refractivity contribution in [3.8, 4) is 11.4 Å². The van der Waals surface area contributed by atoms with Crippen LogP contribution >= 0.6 is 0 Å². The number of carbonyl (C=O) groups is 3. The van der Waals surface area contributed by atoms with Crippen LogP contribution in [0.3, 0.4) is 0 Å². The van der Waals surface area contributed by atoms with Crippen molar-refractivity contribution in [1.82, 2.24) is 14.8 Å². The van der Waals surface area contributed by atoms with E-state index in [2.05, 4.69) is 10.1 Å². The van der Waals surface area contributed by atoms with Crippen molar-refractivity contribution in [3.63, 3.8) is 0 Å². The summed E-state index contributed by atoms with van der Waals surface area (Å²) < 4.78 is 22.2. The number of fused-ring (bicyclic) bond motifs is 2. The maximum absolute atomic E-state index is 14.1. The Bertz CT molecular complexity index is 1800. The third-order valence-electron chi connectivity index (χ3n) is 6.94. The Morgan fingerprint density at radius 2 is 1.76 bits per heavy atom. The van der Waals surface area contributed by atoms with Crippen molar-refractivity contribution >= 4 is 34.5 Å². The average Bonchev–Trinajstić information content (AvgIpc) is 3.59. The number of carbonyl (C=O) groups excluding carboxylic acids is 2. The lowest BCUT2D eigenvalue weighted by atomic mass is 10.0. The maximum atomic E-state index is 14.1. The highest BCUT2D eigenvalue weighted by atomic mass is 19.1. The Morgan fingerprint density at radius 3 is 2.44 bits per heavy atom. The molecule has 2 amide bonds. The number of aryl methyl sites for hydroxylation is 1. The minimum Gasteiger partial charge on any atom is -0.482 e. The van der Waals surface area contributed by atoms with Crippen molar-refractivity contribution in [2.75, 3.05) is 4.90 Å². The van der Waals surface area contributed by atoms with Crippen molar-refractivity contribution in [2.45, 2.75) is 25.9 Å². The topological polar surface area (TPSA) is 115 Å². The molecule has 1 aliphatic rings. The number of carboxylic acid groups (broad SMARTS) is 1. The average molecular weight is 551 g/mol. The quantitative estimate of drug-likeness (QED) is 0.253. The molecule has 0 saturated carbocycles. The second-order valence-corrected chi connectivity index (χ2v) is 9.64. The largest absolute Gasteiger partial charge is 0.482 e. The molecular weight excluding hydrogens is 527 g/mol. The standard InChI is InChI=1S/C31H23FN4O5/c1-18(24-15-19(8-12-28(37)38)7-11-26(24)35-14-4-13-33-35)41-27-17-20-16-21(32)9-10-25(20)34-29(27)36-30(39)22-5-2-3-6-23(22)31(36)40/h2-7,9-11,13-18H,8,12H2,1H3,(H,37,38). The van der Waals surface area contributed by atoms with Gasteiger partial charge >= 0.3 is 5.97 Å². The van der Waals surface area contributed by atoms with Crippen molar-refractivity contribution in [2.24, 2.45) is 0 Å². The number of amides is 2. The molecule has 1 aliphatic heterocycles. The molecule has 6 rings (SSSR count). The van der Waals surface area contributed by atoms with E-state index in [-0.39, 0.29) is 29.1 Å². The number of rotatable bonds is 8. The first kappa shape index (κ1) is 25.9. The van der Waals surface area contributed by atoms with Gasteiger partial charge in [0, 0.05) is 29.8 Å². The van der Waals surface area contributed by atoms with Gasteiger partial charge in [0.05, 0.1) is 22.3 Å². The molecule has 0 fully saturated rings. The number of nitrogens with zero attached hydrogens (tertiary/aromatic N) is 4. The summed E-state index contributed by atoms with van der Waals surface area (Å²) in [6.07, 6.45) is 2.99. The second kappa shape index (κ2) is 10.3. The first-order valence-electron chi connectivity index (χ1n) is 12.9. The summed E-state index contributed by atoms with van der Waals surface area (Å²) in [6.45, 7) is 1.78. The Balaban J connectivity index is 1.45. The smallest absolute Gasteiger partial charge is 0.303 e. The van der Waals surface area contributed by atoms with Gasteiger partial charge in [0.1, 0.15) is 11.9 Å². The summed E-state index contributed by atoms with van der Waals surface area (Å²) in [5, 5.41) is 13.9. The number of halogens is 1. The molecule has 9 nitrogen and oxygen atoms in total. The summed E-state index contributed by atoms with van der Waals surface area (Å²) >= 11 is 0. The van der Waals surface area contributed by atoms with Gasteiger partial charge in [0.2, 0.25) is 0 Å². The highest BCUT2D eigenvalue weighted by Gasteiger charge is 2.39. The van der Waals surface area contributed by atoms with E-state index in [9.17, 15) is 18.8 Å². The highest BCUT2D eigenvalue weighted by Crippen LogP contribution is 2.38. The van der Waals surface area contributed by atoms with Crippen LogP contribution in [-0.4, -0.2) is 37.7 Å². The van der Waals surface area contributed by atoms with Gasteiger partial charge in [-0.3, -0.25) is 14.4 Å². The molecule has 10 heteroatoms. The van der Waals surface area contributed by atoms with Crippen LogP contribution in [0.2, 0.25) is 0 Å². The van der Waals surface area contributed by atoms with Crippen LogP contribution in [0.1, 0.15) is 51.3 Å². The lowest BCUT2D eigenvalue weighted by molar-refractivity contribution is -0.136. The van der Waals surface area contributed by atoms with Gasteiger partial charge in [0.15, 0.2) is 11.6 Å². The molecule has 1 N–H and O–H groups in total. The Hall–Kier alpha value is -5.38. The molecule has 2 aromatic heterocycles. The number of ether oxygens (including phenoxy) is 1. The van der Waals surface area contributed by atoms with Gasteiger partial charge in [-0.2, -0.15) is 5.10 Å². The van der Waals surface area contributed by atoms with E-state index < -0.39 is 29.7 Å². The molecule has 0 aliphatic carbocycles. The molecule has 3 heterocycles. The summed E-state index contributed by atoms with van der Waals surface area (Å²) in [6, 6.07) is 19.4. The molecule has 0 bridgehead atoms. The van der Waals surface area contributed by atoms with Crippen molar-refractivity contribution in [3.05, 3.63) is 113 Å². The molecule has 5 aromatic rings. The monoisotopic (exact) mass is 550 g/mol. The summed E-state index contributed by atoms with van der Waals surface area (Å²) in [7, 11) is 0. The van der Waals surface area contributed by atoms with Crippen LogP contribution in [0.5, 0.6) is 5.75 Å². The maximum Gasteiger partial charge on any atom is 0.303 e. The fourth-order valence-electron chi connectivity index (χ4n) is 4.96. The minimum atomic E-state index is -0.910. The fraction of sp³-hybridized carbons (Fsp3) is 0.129. The first-order valence-corrected chi connectivity index (χ1v) is 12.9. The molecule has 0 radical (unpaired) electrons. The summed E-state index contributed by atoms with van der Waals surface area (Å²) in [5.74, 6) is -2.36. The number of hydrogen-bond donors (Lipinski definition) is 1. The molecular formula is C31H23FN4O5. The minimum absolute atomic E-state index is 0.00942. The van der Waals surface area contributed by atoms with Gasteiger partial charge in [-0.25, -0.2) is 19.0 Å². The molecule has 3 aromatic carbocycles. The van der Waals surface area contributed by atoms with Crippen LogP contribution in [0.15, 0.2) is 85.2 Å². The number of aromatic nitrogens is 3. The van der Waals surface area contributed by atoms with Crippen LogP contribution in [0.25, 0.3) is 16.6 Å². The number of benzene rings is 3. The van der Waals surface area contributed by atoms with E-state index in [0.29, 0.717) is 28.6 Å². The van der Waals surface area contributed by atoms with E-state index in [1.54, 1.807) is 60.4 Å². The molecule has 1 atom stereocenters. The highest BCUT2D eigenvalue weighted by molar-refractivity contribution is 6.34. The van der Waals surface area contributed by atoms with Gasteiger partial charge in [-0.1, -0.05) is 18.2 Å². The fourth-order valence-corrected chi connectivity index (χ4v) is 4.96. The zero-order valence-electron chi connectivity index (χ0n) is 21.8. The Labute approximate surface area is 233 Å². The van der Waals surface area contributed by atoms with Crippen LogP contribution in [-0.2, 0) is 11.2 Å². The van der Waals surface area contributed by atoms with Crippen LogP contribution < -0.4 is 9.64 Å². The predicted octanol–water partition coefficient (Wildman–Crippen LogP) is 5.52. The number of hydrogen-bond acceptors (Lipinski definition) is 6. The van der Waals surface area contributed by atoms with Crippen LogP contribution in [0, 0.1) is 5.82 Å². The Kier molecular flexibility index (Phi) is 6.50. The molecule has 0 spiro atoms. The first-order chi connectivity index (χ1) is 19.8. The van der Waals surface area contributed by atoms with Gasteiger partial charge < -0.3 is 9.84 Å². The normalized spacial score (nSPS) is 13.5. The van der Waals surface area contributed by atoms with E-state index in [1.165, 1.54) is 18.2 Å². The van der Waals surface area contributed by atoms with Crippen molar-refractivity contribution in [1.29, 1.82) is 0 Å². The van der Waals surface area contributed by atoms with Gasteiger partial charge in [-0.15, -0.1) is 0 Å². The zero-order chi connectivity index (χ0) is 28.7. The van der Waals surface area contributed by atoms with Gasteiger partial charge in [-0.05, 0) is 73.5 Å². The number of pyridine rings is 1. The molecule has 204 valence electrons. The summed E-state index contributed by atoms with van der Waals surface area (Å²) in [4.78, 5) is 43.5. The summed E-state index contributed by atoms with van der Waals surface area (Å²) in [5.41, 5.74) is 3.06. The predicted molar refractivity (Wildman–Crippen MR) is 148 cm³/mol. The van der Waals surface area contributed by atoms with Crippen LogP contribution in [0.4, 0.5) is 10.2 Å². The Morgan fingerprint density at radius 1 is 1.00 bits per heavy atom. The third kappa shape index (κ3) is 4.80. The lowest BCUT2D eigenvalue weighted by Crippen LogP contribution is -2.31.